The standard InChI is InChI=1S/C17H24O5/c1-12-11-13(8-9-14(12)16(19)20-5)21-10-6-7-15(18)22-17(2,3)4/h8-9,11H,6-7,10H2,1-5H3. The first-order valence-corrected chi connectivity index (χ1v) is 7.26. The Morgan fingerprint density at radius 3 is 2.41 bits per heavy atom. The number of benzene rings is 1. The minimum atomic E-state index is -0.460. The molecule has 0 bridgehead atoms. The number of ether oxygens (including phenoxy) is 3. The number of carbonyl (C=O) groups is 2. The van der Waals surface area contributed by atoms with Crippen LogP contribution in [0.4, 0.5) is 0 Å². The molecule has 0 aliphatic heterocycles. The van der Waals surface area contributed by atoms with E-state index in [1.165, 1.54) is 7.11 Å². The Morgan fingerprint density at radius 2 is 1.86 bits per heavy atom. The molecule has 0 unspecified atom stereocenters. The van der Waals surface area contributed by atoms with Crippen LogP contribution in [0.3, 0.4) is 0 Å². The molecule has 0 N–H and O–H groups in total. The monoisotopic (exact) mass is 308 g/mol. The van der Waals surface area contributed by atoms with Gasteiger partial charge in [0.05, 0.1) is 19.3 Å². The predicted octanol–water partition coefficient (Wildman–Crippen LogP) is 3.28. The zero-order valence-electron chi connectivity index (χ0n) is 13.9. The van der Waals surface area contributed by atoms with Gasteiger partial charge in [-0.05, 0) is 57.9 Å². The van der Waals surface area contributed by atoms with Crippen molar-refractivity contribution < 1.29 is 23.8 Å². The van der Waals surface area contributed by atoms with Crippen LogP contribution in [0.1, 0.15) is 49.5 Å². The zero-order valence-corrected chi connectivity index (χ0v) is 13.9. The molecule has 122 valence electrons. The molecule has 22 heavy (non-hydrogen) atoms. The van der Waals surface area contributed by atoms with E-state index in [9.17, 15) is 9.59 Å². The van der Waals surface area contributed by atoms with E-state index in [0.29, 0.717) is 30.8 Å². The second-order valence-corrected chi connectivity index (χ2v) is 6.01. The highest BCUT2D eigenvalue weighted by Crippen LogP contribution is 2.18. The average Bonchev–Trinajstić information content (AvgIpc) is 2.41. The summed E-state index contributed by atoms with van der Waals surface area (Å²) < 4.78 is 15.5. The molecule has 0 aromatic heterocycles. The van der Waals surface area contributed by atoms with Gasteiger partial charge in [-0.1, -0.05) is 0 Å². The van der Waals surface area contributed by atoms with Crippen molar-refractivity contribution in [1.82, 2.24) is 0 Å². The molecule has 0 atom stereocenters. The molecule has 5 nitrogen and oxygen atoms in total. The summed E-state index contributed by atoms with van der Waals surface area (Å²) in [6, 6.07) is 5.16. The first-order valence-electron chi connectivity index (χ1n) is 7.26. The van der Waals surface area contributed by atoms with Crippen LogP contribution in [-0.2, 0) is 14.3 Å². The largest absolute Gasteiger partial charge is 0.494 e. The SMILES string of the molecule is COC(=O)c1ccc(OCCCC(=O)OC(C)(C)C)cc1C. The zero-order chi connectivity index (χ0) is 16.8. The van der Waals surface area contributed by atoms with E-state index in [0.717, 1.165) is 5.56 Å². The van der Waals surface area contributed by atoms with E-state index in [2.05, 4.69) is 0 Å². The van der Waals surface area contributed by atoms with Crippen LogP contribution < -0.4 is 4.74 Å². The molecule has 0 fully saturated rings. The molecule has 1 aromatic carbocycles. The Bertz CT molecular complexity index is 528. The van der Waals surface area contributed by atoms with Crippen LogP contribution in [0.25, 0.3) is 0 Å². The van der Waals surface area contributed by atoms with Crippen LogP contribution in [0.15, 0.2) is 18.2 Å². The van der Waals surface area contributed by atoms with Crippen molar-refractivity contribution in [2.24, 2.45) is 0 Å². The lowest BCUT2D eigenvalue weighted by Crippen LogP contribution is -2.23. The molecule has 0 amide bonds. The Kier molecular flexibility index (Phi) is 6.40. The van der Waals surface area contributed by atoms with E-state index >= 15 is 0 Å². The van der Waals surface area contributed by atoms with Gasteiger partial charge in [0.2, 0.25) is 0 Å². The molecule has 1 rings (SSSR count). The smallest absolute Gasteiger partial charge is 0.338 e. The maximum Gasteiger partial charge on any atom is 0.338 e. The third-order valence-corrected chi connectivity index (χ3v) is 2.82. The van der Waals surface area contributed by atoms with Crippen molar-refractivity contribution in [1.29, 1.82) is 0 Å². The van der Waals surface area contributed by atoms with Gasteiger partial charge in [-0.25, -0.2) is 4.79 Å². The minimum Gasteiger partial charge on any atom is -0.494 e. The summed E-state index contributed by atoms with van der Waals surface area (Å²) in [6.45, 7) is 7.75. The Hall–Kier alpha value is -2.04. The number of aryl methyl sites for hydroxylation is 1. The molecule has 0 radical (unpaired) electrons. The fraction of sp³-hybridized carbons (Fsp3) is 0.529. The summed E-state index contributed by atoms with van der Waals surface area (Å²) in [6.07, 6.45) is 0.892. The van der Waals surface area contributed by atoms with Crippen molar-refractivity contribution in [3.63, 3.8) is 0 Å². The van der Waals surface area contributed by atoms with Crippen LogP contribution in [0.5, 0.6) is 5.75 Å². The molecule has 5 heteroatoms. The highest BCUT2D eigenvalue weighted by molar-refractivity contribution is 5.91. The van der Waals surface area contributed by atoms with Crippen molar-refractivity contribution >= 4 is 11.9 Å². The summed E-state index contributed by atoms with van der Waals surface area (Å²) in [4.78, 5) is 23.0. The minimum absolute atomic E-state index is 0.228. The molecule has 0 spiro atoms. The number of rotatable bonds is 6. The highest BCUT2D eigenvalue weighted by atomic mass is 16.6. The second-order valence-electron chi connectivity index (χ2n) is 6.01. The lowest BCUT2D eigenvalue weighted by atomic mass is 10.1. The van der Waals surface area contributed by atoms with Crippen LogP contribution in [0.2, 0.25) is 0 Å². The van der Waals surface area contributed by atoms with Crippen molar-refractivity contribution in [3.05, 3.63) is 29.3 Å². The normalized spacial score (nSPS) is 11.0. The van der Waals surface area contributed by atoms with Gasteiger partial charge < -0.3 is 14.2 Å². The predicted molar refractivity (Wildman–Crippen MR) is 83.1 cm³/mol. The Balaban J connectivity index is 2.41. The first-order chi connectivity index (χ1) is 10.2. The molecule has 0 aliphatic rings. The number of carbonyl (C=O) groups excluding carboxylic acids is 2. The Morgan fingerprint density at radius 1 is 1.18 bits per heavy atom. The molecule has 0 saturated heterocycles. The van der Waals surface area contributed by atoms with Crippen LogP contribution >= 0.6 is 0 Å². The van der Waals surface area contributed by atoms with E-state index in [4.69, 9.17) is 14.2 Å². The van der Waals surface area contributed by atoms with E-state index in [1.54, 1.807) is 18.2 Å². The quantitative estimate of drug-likeness (QED) is 0.596. The van der Waals surface area contributed by atoms with Crippen molar-refractivity contribution in [2.45, 2.75) is 46.1 Å². The van der Waals surface area contributed by atoms with Gasteiger partial charge in [0.25, 0.3) is 0 Å². The number of methoxy groups -OCH3 is 1. The fourth-order valence-corrected chi connectivity index (χ4v) is 1.86. The lowest BCUT2D eigenvalue weighted by Gasteiger charge is -2.19. The second kappa shape index (κ2) is 7.82. The topological polar surface area (TPSA) is 61.8 Å². The van der Waals surface area contributed by atoms with E-state index < -0.39 is 5.60 Å². The fourth-order valence-electron chi connectivity index (χ4n) is 1.86. The van der Waals surface area contributed by atoms with Gasteiger partial charge in [0, 0.05) is 6.42 Å². The lowest BCUT2D eigenvalue weighted by molar-refractivity contribution is -0.155. The summed E-state index contributed by atoms with van der Waals surface area (Å²) in [5.41, 5.74) is 0.846. The van der Waals surface area contributed by atoms with E-state index in [1.807, 2.05) is 27.7 Å². The molecular formula is C17H24O5. The van der Waals surface area contributed by atoms with Crippen molar-refractivity contribution in [3.8, 4) is 5.75 Å². The van der Waals surface area contributed by atoms with Crippen molar-refractivity contribution in [2.75, 3.05) is 13.7 Å². The van der Waals surface area contributed by atoms with Gasteiger partial charge in [0.1, 0.15) is 11.4 Å². The first kappa shape index (κ1) is 18.0. The molecule has 0 heterocycles. The van der Waals surface area contributed by atoms with Gasteiger partial charge >= 0.3 is 11.9 Å². The number of hydrogen-bond donors (Lipinski definition) is 0. The highest BCUT2D eigenvalue weighted by Gasteiger charge is 2.15. The maximum atomic E-state index is 11.5. The van der Waals surface area contributed by atoms with Gasteiger partial charge in [-0.2, -0.15) is 0 Å². The summed E-state index contributed by atoms with van der Waals surface area (Å²) in [7, 11) is 1.35. The van der Waals surface area contributed by atoms with Crippen LogP contribution in [0, 0.1) is 6.92 Å². The average molecular weight is 308 g/mol. The van der Waals surface area contributed by atoms with E-state index in [-0.39, 0.29) is 11.9 Å². The number of esters is 2. The molecule has 1 aromatic rings. The third-order valence-electron chi connectivity index (χ3n) is 2.82. The summed E-state index contributed by atoms with van der Waals surface area (Å²) in [5, 5.41) is 0. The maximum absolute atomic E-state index is 11.5. The molecule has 0 aliphatic carbocycles. The Labute approximate surface area is 131 Å². The van der Waals surface area contributed by atoms with Gasteiger partial charge in [-0.15, -0.1) is 0 Å². The third kappa shape index (κ3) is 6.16. The summed E-state index contributed by atoms with van der Waals surface area (Å²) >= 11 is 0. The number of hydrogen-bond acceptors (Lipinski definition) is 5. The molecule has 0 saturated carbocycles. The van der Waals surface area contributed by atoms with Crippen LogP contribution in [-0.4, -0.2) is 31.3 Å². The van der Waals surface area contributed by atoms with Gasteiger partial charge in [-0.3, -0.25) is 4.79 Å². The summed E-state index contributed by atoms with van der Waals surface area (Å²) in [5.74, 6) is 0.0663. The molecular weight excluding hydrogens is 284 g/mol. The van der Waals surface area contributed by atoms with Gasteiger partial charge in [0.15, 0.2) is 0 Å².